The van der Waals surface area contributed by atoms with Crippen molar-refractivity contribution in [3.63, 3.8) is 0 Å². The highest BCUT2D eigenvalue weighted by Crippen LogP contribution is 2.29. The van der Waals surface area contributed by atoms with Crippen LogP contribution in [0.15, 0.2) is 12.1 Å². The van der Waals surface area contributed by atoms with Gasteiger partial charge in [0.05, 0.1) is 0 Å². The Morgan fingerprint density at radius 2 is 2.27 bits per heavy atom. The third-order valence-corrected chi connectivity index (χ3v) is 3.90. The van der Waals surface area contributed by atoms with Gasteiger partial charge in [-0.05, 0) is 19.4 Å². The molecule has 7 heteroatoms. The van der Waals surface area contributed by atoms with E-state index in [1.807, 2.05) is 5.32 Å². The van der Waals surface area contributed by atoms with Gasteiger partial charge >= 0.3 is 0 Å². The molecule has 0 radical (unpaired) electrons. The second-order valence-corrected chi connectivity index (χ2v) is 5.28. The Labute approximate surface area is 127 Å². The first-order chi connectivity index (χ1) is 10.5. The first-order valence-corrected chi connectivity index (χ1v) is 7.03. The predicted molar refractivity (Wildman–Crippen MR) is 77.1 cm³/mol. The van der Waals surface area contributed by atoms with E-state index < -0.39 is 11.7 Å². The quantitative estimate of drug-likeness (QED) is 0.756. The molecule has 0 aliphatic carbocycles. The number of carbonyl (C=O) groups excluding carboxylic acids is 3. The van der Waals surface area contributed by atoms with E-state index >= 15 is 0 Å². The van der Waals surface area contributed by atoms with Crippen molar-refractivity contribution in [1.29, 1.82) is 0 Å². The molecule has 118 valence electrons. The molecule has 1 heterocycles. The minimum absolute atomic E-state index is 0.0781. The first kappa shape index (κ1) is 16.1. The van der Waals surface area contributed by atoms with Gasteiger partial charge in [-0.2, -0.15) is 0 Å². The molecule has 22 heavy (non-hydrogen) atoms. The fraction of sp³-hybridized carbons (Fsp3) is 0.400. The molecule has 3 amide bonds. The molecule has 1 aromatic rings. The molecule has 3 N–H and O–H groups in total. The van der Waals surface area contributed by atoms with Gasteiger partial charge < -0.3 is 10.6 Å². The highest BCUT2D eigenvalue weighted by molar-refractivity contribution is 5.98. The lowest BCUT2D eigenvalue weighted by molar-refractivity contribution is -0.125. The smallest absolute Gasteiger partial charge is 0.254 e. The molecular weight excluding hydrogens is 289 g/mol. The fourth-order valence-corrected chi connectivity index (χ4v) is 2.57. The normalized spacial score (nSPS) is 14.7. The number of carbonyl (C=O) groups is 3. The van der Waals surface area contributed by atoms with Crippen LogP contribution >= 0.6 is 0 Å². The van der Waals surface area contributed by atoms with Crippen LogP contribution in [-0.2, 0) is 22.7 Å². The molecule has 0 spiro atoms. The van der Waals surface area contributed by atoms with Crippen LogP contribution < -0.4 is 11.1 Å². The third kappa shape index (κ3) is 2.99. The Bertz CT molecular complexity index is 618. The zero-order chi connectivity index (χ0) is 16.3. The predicted octanol–water partition coefficient (Wildman–Crippen LogP) is 0.681. The van der Waals surface area contributed by atoms with Crippen LogP contribution in [0.3, 0.4) is 0 Å². The van der Waals surface area contributed by atoms with Crippen LogP contribution in [0.5, 0.6) is 0 Å². The van der Waals surface area contributed by atoms with Crippen molar-refractivity contribution < 1.29 is 18.8 Å². The molecule has 0 saturated carbocycles. The van der Waals surface area contributed by atoms with Crippen molar-refractivity contribution in [2.45, 2.75) is 38.9 Å². The van der Waals surface area contributed by atoms with Crippen molar-refractivity contribution >= 4 is 18.2 Å². The molecular formula is C15H18FN3O3. The number of benzene rings is 1. The number of amides is 3. The summed E-state index contributed by atoms with van der Waals surface area (Å²) in [6.45, 7) is 2.04. The van der Waals surface area contributed by atoms with Gasteiger partial charge in [0.25, 0.3) is 5.91 Å². The number of nitrogens with one attached hydrogen (secondary N) is 1. The molecule has 2 rings (SSSR count). The maximum Gasteiger partial charge on any atom is 0.254 e. The summed E-state index contributed by atoms with van der Waals surface area (Å²) >= 11 is 0. The van der Waals surface area contributed by atoms with Crippen molar-refractivity contribution in [3.8, 4) is 0 Å². The largest absolute Gasteiger partial charge is 0.331 e. The van der Waals surface area contributed by atoms with E-state index in [1.165, 1.54) is 11.0 Å². The zero-order valence-corrected chi connectivity index (χ0v) is 12.3. The highest BCUT2D eigenvalue weighted by Gasteiger charge is 2.33. The molecule has 1 unspecified atom stereocenters. The Kier molecular flexibility index (Phi) is 4.87. The molecule has 1 aromatic carbocycles. The van der Waals surface area contributed by atoms with E-state index in [0.29, 0.717) is 29.5 Å². The van der Waals surface area contributed by atoms with E-state index in [-0.39, 0.29) is 31.5 Å². The van der Waals surface area contributed by atoms with E-state index in [4.69, 9.17) is 5.73 Å². The lowest BCUT2D eigenvalue weighted by Crippen LogP contribution is -2.34. The highest BCUT2D eigenvalue weighted by atomic mass is 19.1. The summed E-state index contributed by atoms with van der Waals surface area (Å²) in [6.07, 6.45) is 0.842. The first-order valence-electron chi connectivity index (χ1n) is 7.03. The number of nitrogens with zero attached hydrogens (tertiary/aromatic N) is 1. The van der Waals surface area contributed by atoms with Gasteiger partial charge in [-0.1, -0.05) is 6.07 Å². The van der Waals surface area contributed by atoms with Crippen LogP contribution in [-0.4, -0.2) is 29.2 Å². The minimum Gasteiger partial charge on any atom is -0.331 e. The average Bonchev–Trinajstić information content (AvgIpc) is 2.84. The zero-order valence-electron chi connectivity index (χ0n) is 12.3. The second-order valence-electron chi connectivity index (χ2n) is 5.28. The summed E-state index contributed by atoms with van der Waals surface area (Å²) in [5.74, 6) is -1.08. The Hall–Kier alpha value is -2.28. The molecule has 6 nitrogen and oxygen atoms in total. The van der Waals surface area contributed by atoms with Crippen LogP contribution in [0, 0.1) is 5.82 Å². The van der Waals surface area contributed by atoms with E-state index in [0.717, 1.165) is 0 Å². The standard InChI is InChI=1S/C15H18FN3O3/c1-9(2-5-13(21)18-8-20)19-7-12-11(15(19)22)4-3-10(6-17)14(12)16/h3-4,8-9H,2,5-7,17H2,1H3,(H,18,20,21). The summed E-state index contributed by atoms with van der Waals surface area (Å²) in [6, 6.07) is 2.88. The van der Waals surface area contributed by atoms with Gasteiger partial charge in [0.15, 0.2) is 0 Å². The van der Waals surface area contributed by atoms with Crippen LogP contribution in [0.4, 0.5) is 4.39 Å². The van der Waals surface area contributed by atoms with Crippen molar-refractivity contribution in [3.05, 3.63) is 34.6 Å². The van der Waals surface area contributed by atoms with Crippen molar-refractivity contribution in [1.82, 2.24) is 10.2 Å². The number of fused-ring (bicyclic) bond motifs is 1. The molecule has 0 fully saturated rings. The van der Waals surface area contributed by atoms with Crippen LogP contribution in [0.25, 0.3) is 0 Å². The third-order valence-electron chi connectivity index (χ3n) is 3.90. The Morgan fingerprint density at radius 3 is 2.91 bits per heavy atom. The number of hydrogen-bond acceptors (Lipinski definition) is 4. The van der Waals surface area contributed by atoms with E-state index in [2.05, 4.69) is 0 Å². The minimum atomic E-state index is -0.429. The molecule has 0 aromatic heterocycles. The topological polar surface area (TPSA) is 92.5 Å². The maximum atomic E-state index is 14.2. The number of rotatable bonds is 6. The summed E-state index contributed by atoms with van der Waals surface area (Å²) in [5, 5.41) is 2.05. The number of hydrogen-bond donors (Lipinski definition) is 2. The van der Waals surface area contributed by atoms with Gasteiger partial charge in [0.1, 0.15) is 5.82 Å². The van der Waals surface area contributed by atoms with Gasteiger partial charge in [-0.25, -0.2) is 4.39 Å². The van der Waals surface area contributed by atoms with Gasteiger partial charge in [-0.3, -0.25) is 19.7 Å². The molecule has 0 bridgehead atoms. The van der Waals surface area contributed by atoms with Crippen LogP contribution in [0.1, 0.15) is 41.3 Å². The van der Waals surface area contributed by atoms with Gasteiger partial charge in [0, 0.05) is 42.2 Å². The van der Waals surface area contributed by atoms with Gasteiger partial charge in [-0.15, -0.1) is 0 Å². The monoisotopic (exact) mass is 307 g/mol. The lowest BCUT2D eigenvalue weighted by Gasteiger charge is -2.23. The lowest BCUT2D eigenvalue weighted by atomic mass is 10.1. The summed E-state index contributed by atoms with van der Waals surface area (Å²) < 4.78 is 14.2. The fourth-order valence-electron chi connectivity index (χ4n) is 2.57. The molecule has 0 saturated heterocycles. The van der Waals surface area contributed by atoms with E-state index in [1.54, 1.807) is 13.0 Å². The van der Waals surface area contributed by atoms with Crippen LogP contribution in [0.2, 0.25) is 0 Å². The average molecular weight is 307 g/mol. The Balaban J connectivity index is 2.09. The SMILES string of the molecule is CC(CCC(=O)NC=O)N1Cc2c(ccc(CN)c2F)C1=O. The van der Waals surface area contributed by atoms with Gasteiger partial charge in [0.2, 0.25) is 12.3 Å². The molecule has 1 aliphatic heterocycles. The van der Waals surface area contributed by atoms with E-state index in [9.17, 15) is 18.8 Å². The second kappa shape index (κ2) is 6.65. The van der Waals surface area contributed by atoms with Crippen molar-refractivity contribution in [2.75, 3.05) is 0 Å². The number of halogens is 1. The van der Waals surface area contributed by atoms with Crippen molar-refractivity contribution in [2.24, 2.45) is 5.73 Å². The summed E-state index contributed by atoms with van der Waals surface area (Å²) in [5.41, 5.74) is 6.56. The summed E-state index contributed by atoms with van der Waals surface area (Å²) in [4.78, 5) is 35.3. The number of nitrogens with two attached hydrogens (primary N) is 1. The molecule has 1 atom stereocenters. The number of imide groups is 1. The maximum absolute atomic E-state index is 14.2. The Morgan fingerprint density at radius 1 is 1.55 bits per heavy atom. The summed E-state index contributed by atoms with van der Waals surface area (Å²) in [7, 11) is 0. The molecule has 1 aliphatic rings.